The highest BCUT2D eigenvalue weighted by atomic mass is 16.4. The number of carboxylic acid groups (broad SMARTS) is 1. The summed E-state index contributed by atoms with van der Waals surface area (Å²) < 4.78 is 0. The van der Waals surface area contributed by atoms with Crippen molar-refractivity contribution >= 4 is 5.97 Å². The Balaban J connectivity index is 4.84. The zero-order valence-electron chi connectivity index (χ0n) is 10.1. The molecular formula is C13H22O2. The van der Waals surface area contributed by atoms with Crippen LogP contribution in [-0.4, -0.2) is 11.1 Å². The highest BCUT2D eigenvalue weighted by Gasteiger charge is 2.28. The molecule has 0 heterocycles. The Morgan fingerprint density at radius 3 is 2.13 bits per heavy atom. The molecular weight excluding hydrogens is 188 g/mol. The molecule has 3 atom stereocenters. The molecule has 0 fully saturated rings. The molecule has 15 heavy (non-hydrogen) atoms. The monoisotopic (exact) mass is 210 g/mol. The first kappa shape index (κ1) is 13.9. The van der Waals surface area contributed by atoms with Crippen LogP contribution in [0.25, 0.3) is 0 Å². The summed E-state index contributed by atoms with van der Waals surface area (Å²) >= 11 is 0. The zero-order valence-corrected chi connectivity index (χ0v) is 10.1. The van der Waals surface area contributed by atoms with E-state index in [0.717, 1.165) is 6.42 Å². The van der Waals surface area contributed by atoms with Crippen LogP contribution in [0.5, 0.6) is 0 Å². The number of aliphatic carboxylic acids is 1. The summed E-state index contributed by atoms with van der Waals surface area (Å²) in [4.78, 5) is 11.2. The van der Waals surface area contributed by atoms with Crippen LogP contribution < -0.4 is 0 Å². The lowest BCUT2D eigenvalue weighted by Gasteiger charge is -2.23. The fourth-order valence-electron chi connectivity index (χ4n) is 1.98. The molecule has 0 saturated heterocycles. The SMILES string of the molecule is C/C=C/[C@H](C)[C@@H](C(=O)O)[C@@H](/C=C/C)CC. The van der Waals surface area contributed by atoms with Gasteiger partial charge in [-0.3, -0.25) is 4.79 Å². The van der Waals surface area contributed by atoms with E-state index >= 15 is 0 Å². The van der Waals surface area contributed by atoms with Crippen LogP contribution in [0.2, 0.25) is 0 Å². The predicted octanol–water partition coefficient (Wildman–Crippen LogP) is 3.50. The molecule has 1 N–H and O–H groups in total. The molecule has 0 aliphatic heterocycles. The van der Waals surface area contributed by atoms with Crippen molar-refractivity contribution in [3.8, 4) is 0 Å². The Labute approximate surface area is 92.7 Å². The highest BCUT2D eigenvalue weighted by molar-refractivity contribution is 5.71. The van der Waals surface area contributed by atoms with E-state index in [1.807, 2.05) is 52.0 Å². The number of rotatable bonds is 6. The van der Waals surface area contributed by atoms with Gasteiger partial charge in [0.1, 0.15) is 0 Å². The van der Waals surface area contributed by atoms with Gasteiger partial charge in [-0.05, 0) is 32.1 Å². The maximum absolute atomic E-state index is 11.2. The van der Waals surface area contributed by atoms with Crippen LogP contribution in [-0.2, 0) is 4.79 Å². The van der Waals surface area contributed by atoms with Crippen LogP contribution in [0, 0.1) is 17.8 Å². The van der Waals surface area contributed by atoms with Gasteiger partial charge in [-0.1, -0.05) is 38.2 Å². The lowest BCUT2D eigenvalue weighted by Crippen LogP contribution is -2.27. The lowest BCUT2D eigenvalue weighted by molar-refractivity contribution is -0.144. The van der Waals surface area contributed by atoms with E-state index in [4.69, 9.17) is 0 Å². The highest BCUT2D eigenvalue weighted by Crippen LogP contribution is 2.26. The van der Waals surface area contributed by atoms with Crippen LogP contribution in [0.3, 0.4) is 0 Å². The molecule has 0 aliphatic rings. The Hall–Kier alpha value is -1.05. The van der Waals surface area contributed by atoms with Crippen molar-refractivity contribution < 1.29 is 9.90 Å². The van der Waals surface area contributed by atoms with E-state index in [1.54, 1.807) is 0 Å². The molecule has 0 rings (SSSR count). The molecule has 2 heteroatoms. The average molecular weight is 210 g/mol. The minimum Gasteiger partial charge on any atom is -0.481 e. The molecule has 0 amide bonds. The van der Waals surface area contributed by atoms with Crippen molar-refractivity contribution in [3.05, 3.63) is 24.3 Å². The van der Waals surface area contributed by atoms with Crippen molar-refractivity contribution in [3.63, 3.8) is 0 Å². The van der Waals surface area contributed by atoms with E-state index in [2.05, 4.69) is 0 Å². The number of hydrogen-bond donors (Lipinski definition) is 1. The average Bonchev–Trinajstić information content (AvgIpc) is 2.16. The van der Waals surface area contributed by atoms with Crippen LogP contribution in [0.15, 0.2) is 24.3 Å². The Morgan fingerprint density at radius 2 is 1.80 bits per heavy atom. The van der Waals surface area contributed by atoms with E-state index in [9.17, 15) is 9.90 Å². The summed E-state index contributed by atoms with van der Waals surface area (Å²) in [5.41, 5.74) is 0. The van der Waals surface area contributed by atoms with Gasteiger partial charge < -0.3 is 5.11 Å². The molecule has 0 saturated carbocycles. The third-order valence-electron chi connectivity index (χ3n) is 2.72. The molecule has 0 bridgehead atoms. The van der Waals surface area contributed by atoms with Gasteiger partial charge in [-0.25, -0.2) is 0 Å². The van der Waals surface area contributed by atoms with Crippen LogP contribution in [0.1, 0.15) is 34.1 Å². The second-order valence-electron chi connectivity index (χ2n) is 3.85. The summed E-state index contributed by atoms with van der Waals surface area (Å²) in [7, 11) is 0. The smallest absolute Gasteiger partial charge is 0.307 e. The summed E-state index contributed by atoms with van der Waals surface area (Å²) in [5.74, 6) is -0.819. The fourth-order valence-corrected chi connectivity index (χ4v) is 1.98. The summed E-state index contributed by atoms with van der Waals surface area (Å²) in [6.45, 7) is 7.85. The molecule has 86 valence electrons. The zero-order chi connectivity index (χ0) is 11.8. The quantitative estimate of drug-likeness (QED) is 0.681. The van der Waals surface area contributed by atoms with Gasteiger partial charge >= 0.3 is 5.97 Å². The van der Waals surface area contributed by atoms with Crippen molar-refractivity contribution in [2.24, 2.45) is 17.8 Å². The van der Waals surface area contributed by atoms with Crippen LogP contribution in [0.4, 0.5) is 0 Å². The fraction of sp³-hybridized carbons (Fsp3) is 0.615. The molecule has 0 aromatic heterocycles. The second kappa shape index (κ2) is 7.27. The van der Waals surface area contributed by atoms with Gasteiger partial charge in [-0.2, -0.15) is 0 Å². The molecule has 0 aliphatic carbocycles. The van der Waals surface area contributed by atoms with E-state index in [-0.39, 0.29) is 17.8 Å². The molecule has 0 aromatic carbocycles. The molecule has 0 aromatic rings. The molecule has 0 radical (unpaired) electrons. The van der Waals surface area contributed by atoms with Gasteiger partial charge in [0.25, 0.3) is 0 Å². The van der Waals surface area contributed by atoms with Gasteiger partial charge in [0.2, 0.25) is 0 Å². The van der Waals surface area contributed by atoms with Crippen molar-refractivity contribution in [1.29, 1.82) is 0 Å². The summed E-state index contributed by atoms with van der Waals surface area (Å²) in [6, 6.07) is 0. The summed E-state index contributed by atoms with van der Waals surface area (Å²) in [5, 5.41) is 9.23. The Bertz CT molecular complexity index is 241. The minimum atomic E-state index is -0.703. The van der Waals surface area contributed by atoms with Crippen molar-refractivity contribution in [2.75, 3.05) is 0 Å². The first-order chi connectivity index (χ1) is 7.08. The summed E-state index contributed by atoms with van der Waals surface area (Å²) in [6.07, 6.45) is 8.68. The van der Waals surface area contributed by atoms with E-state index in [1.165, 1.54) is 0 Å². The van der Waals surface area contributed by atoms with Gasteiger partial charge in [-0.15, -0.1) is 0 Å². The largest absolute Gasteiger partial charge is 0.481 e. The standard InChI is InChI=1S/C13H22O2/c1-5-8-10(4)12(13(14)15)11(7-3)9-6-2/h5-6,8-12H,7H2,1-4H3,(H,14,15)/b8-5+,9-6+/t10-,11+,12+/m0/s1. The third kappa shape index (κ3) is 4.32. The Morgan fingerprint density at radius 1 is 1.27 bits per heavy atom. The van der Waals surface area contributed by atoms with Crippen LogP contribution >= 0.6 is 0 Å². The Kier molecular flexibility index (Phi) is 6.76. The predicted molar refractivity (Wildman–Crippen MR) is 63.7 cm³/mol. The topological polar surface area (TPSA) is 37.3 Å². The first-order valence-electron chi connectivity index (χ1n) is 5.56. The number of carboxylic acids is 1. The first-order valence-corrected chi connectivity index (χ1v) is 5.56. The van der Waals surface area contributed by atoms with E-state index in [0.29, 0.717) is 0 Å². The number of allylic oxidation sites excluding steroid dienone is 4. The number of hydrogen-bond acceptors (Lipinski definition) is 1. The maximum Gasteiger partial charge on any atom is 0.307 e. The molecule has 0 unspecified atom stereocenters. The van der Waals surface area contributed by atoms with Crippen molar-refractivity contribution in [1.82, 2.24) is 0 Å². The molecule has 2 nitrogen and oxygen atoms in total. The minimum absolute atomic E-state index is 0.0775. The lowest BCUT2D eigenvalue weighted by atomic mass is 9.80. The second-order valence-corrected chi connectivity index (χ2v) is 3.85. The van der Waals surface area contributed by atoms with Gasteiger partial charge in [0.15, 0.2) is 0 Å². The van der Waals surface area contributed by atoms with Crippen molar-refractivity contribution in [2.45, 2.75) is 34.1 Å². The maximum atomic E-state index is 11.2. The normalized spacial score (nSPS) is 18.1. The molecule has 0 spiro atoms. The van der Waals surface area contributed by atoms with E-state index < -0.39 is 5.97 Å². The number of carbonyl (C=O) groups is 1. The third-order valence-corrected chi connectivity index (χ3v) is 2.72. The van der Waals surface area contributed by atoms with Gasteiger partial charge in [0, 0.05) is 0 Å². The van der Waals surface area contributed by atoms with Gasteiger partial charge in [0.05, 0.1) is 5.92 Å².